The molecule has 0 bridgehead atoms. The van der Waals surface area contributed by atoms with Crippen molar-refractivity contribution in [3.63, 3.8) is 0 Å². The molecule has 3 nitrogen and oxygen atoms in total. The van der Waals surface area contributed by atoms with E-state index in [0.29, 0.717) is 11.3 Å². The number of aromatic nitrogens is 2. The van der Waals surface area contributed by atoms with E-state index < -0.39 is 0 Å². The molecular weight excluding hydrogens is 243 g/mol. The van der Waals surface area contributed by atoms with E-state index in [2.05, 4.69) is 10.1 Å². The SMILES string of the molecule is Cc1ccc(F)c(-c2nocc2-c2ccncc2)c1. The quantitative estimate of drug-likeness (QED) is 0.697. The average molecular weight is 254 g/mol. The fourth-order valence-corrected chi connectivity index (χ4v) is 1.99. The predicted octanol–water partition coefficient (Wildman–Crippen LogP) is 3.85. The number of benzene rings is 1. The van der Waals surface area contributed by atoms with Gasteiger partial charge in [0.1, 0.15) is 17.8 Å². The zero-order valence-electron chi connectivity index (χ0n) is 10.3. The van der Waals surface area contributed by atoms with Crippen molar-refractivity contribution in [2.24, 2.45) is 0 Å². The van der Waals surface area contributed by atoms with E-state index in [1.165, 1.54) is 12.3 Å². The topological polar surface area (TPSA) is 38.9 Å². The second-order valence-electron chi connectivity index (χ2n) is 4.30. The fraction of sp³-hybridized carbons (Fsp3) is 0.0667. The van der Waals surface area contributed by atoms with Crippen molar-refractivity contribution in [1.29, 1.82) is 0 Å². The predicted molar refractivity (Wildman–Crippen MR) is 69.9 cm³/mol. The minimum absolute atomic E-state index is 0.310. The Morgan fingerprint density at radius 3 is 2.63 bits per heavy atom. The normalized spacial score (nSPS) is 10.6. The Balaban J connectivity index is 2.18. The molecule has 1 aromatic carbocycles. The van der Waals surface area contributed by atoms with Crippen LogP contribution in [-0.4, -0.2) is 10.1 Å². The summed E-state index contributed by atoms with van der Waals surface area (Å²) < 4.78 is 18.9. The molecule has 0 aliphatic rings. The monoisotopic (exact) mass is 254 g/mol. The molecule has 4 heteroatoms. The van der Waals surface area contributed by atoms with Gasteiger partial charge in [-0.2, -0.15) is 0 Å². The highest BCUT2D eigenvalue weighted by atomic mass is 19.1. The molecule has 3 aromatic rings. The van der Waals surface area contributed by atoms with Crippen LogP contribution in [0.5, 0.6) is 0 Å². The summed E-state index contributed by atoms with van der Waals surface area (Å²) in [5, 5.41) is 3.93. The van der Waals surface area contributed by atoms with Crippen LogP contribution in [0.15, 0.2) is 53.5 Å². The second kappa shape index (κ2) is 4.65. The largest absolute Gasteiger partial charge is 0.363 e. The molecule has 0 aliphatic carbocycles. The van der Waals surface area contributed by atoms with Gasteiger partial charge >= 0.3 is 0 Å². The molecule has 0 aliphatic heterocycles. The molecule has 0 saturated heterocycles. The van der Waals surface area contributed by atoms with E-state index in [4.69, 9.17) is 4.52 Å². The Kier molecular flexibility index (Phi) is 2.83. The van der Waals surface area contributed by atoms with Crippen LogP contribution < -0.4 is 0 Å². The Labute approximate surface area is 109 Å². The first-order valence-corrected chi connectivity index (χ1v) is 5.87. The lowest BCUT2D eigenvalue weighted by Gasteiger charge is -2.04. The average Bonchev–Trinajstić information content (AvgIpc) is 2.91. The van der Waals surface area contributed by atoms with Gasteiger partial charge in [-0.25, -0.2) is 4.39 Å². The van der Waals surface area contributed by atoms with Gasteiger partial charge in [-0.3, -0.25) is 4.98 Å². The number of pyridine rings is 1. The molecule has 0 fully saturated rings. The number of aryl methyl sites for hydroxylation is 1. The van der Waals surface area contributed by atoms with Crippen molar-refractivity contribution >= 4 is 0 Å². The van der Waals surface area contributed by atoms with Gasteiger partial charge < -0.3 is 4.52 Å². The van der Waals surface area contributed by atoms with Crippen molar-refractivity contribution in [2.45, 2.75) is 6.92 Å². The van der Waals surface area contributed by atoms with E-state index in [9.17, 15) is 4.39 Å². The summed E-state index contributed by atoms with van der Waals surface area (Å²) in [5.41, 5.74) is 3.58. The summed E-state index contributed by atoms with van der Waals surface area (Å²) in [6, 6.07) is 8.60. The summed E-state index contributed by atoms with van der Waals surface area (Å²) in [4.78, 5) is 3.96. The van der Waals surface area contributed by atoms with Crippen LogP contribution in [0.25, 0.3) is 22.4 Å². The molecule has 0 saturated carbocycles. The minimum atomic E-state index is -0.310. The van der Waals surface area contributed by atoms with Gasteiger partial charge in [0.25, 0.3) is 0 Å². The molecular formula is C15H11FN2O. The van der Waals surface area contributed by atoms with Crippen molar-refractivity contribution in [2.75, 3.05) is 0 Å². The van der Waals surface area contributed by atoms with Gasteiger partial charge in [-0.15, -0.1) is 0 Å². The number of nitrogens with zero attached hydrogens (tertiary/aromatic N) is 2. The first-order chi connectivity index (χ1) is 9.25. The van der Waals surface area contributed by atoms with Crippen LogP contribution >= 0.6 is 0 Å². The molecule has 2 aromatic heterocycles. The molecule has 0 spiro atoms. The highest BCUT2D eigenvalue weighted by Gasteiger charge is 2.15. The van der Waals surface area contributed by atoms with Crippen molar-refractivity contribution in [3.05, 3.63) is 60.4 Å². The maximum absolute atomic E-state index is 13.9. The Bertz CT molecular complexity index is 707. The lowest BCUT2D eigenvalue weighted by Crippen LogP contribution is -1.88. The molecule has 2 heterocycles. The minimum Gasteiger partial charge on any atom is -0.363 e. The molecule has 0 N–H and O–H groups in total. The summed E-state index contributed by atoms with van der Waals surface area (Å²) in [6.45, 7) is 1.91. The van der Waals surface area contributed by atoms with Gasteiger partial charge in [-0.1, -0.05) is 16.8 Å². The smallest absolute Gasteiger partial charge is 0.132 e. The third kappa shape index (κ3) is 2.12. The fourth-order valence-electron chi connectivity index (χ4n) is 1.99. The zero-order chi connectivity index (χ0) is 13.2. The van der Waals surface area contributed by atoms with Gasteiger partial charge in [0.05, 0.1) is 0 Å². The summed E-state index contributed by atoms with van der Waals surface area (Å²) in [5.74, 6) is -0.310. The van der Waals surface area contributed by atoms with Crippen LogP contribution in [0.2, 0.25) is 0 Å². The Morgan fingerprint density at radius 2 is 1.84 bits per heavy atom. The first-order valence-electron chi connectivity index (χ1n) is 5.87. The molecule has 94 valence electrons. The highest BCUT2D eigenvalue weighted by Crippen LogP contribution is 2.32. The lowest BCUT2D eigenvalue weighted by atomic mass is 10.0. The van der Waals surface area contributed by atoms with Crippen molar-refractivity contribution < 1.29 is 8.91 Å². The molecule has 0 atom stereocenters. The van der Waals surface area contributed by atoms with Crippen LogP contribution in [0, 0.1) is 12.7 Å². The molecule has 3 rings (SSSR count). The van der Waals surface area contributed by atoms with Crippen LogP contribution in [0.4, 0.5) is 4.39 Å². The van der Waals surface area contributed by atoms with E-state index in [1.807, 2.05) is 19.1 Å². The maximum atomic E-state index is 13.9. The second-order valence-corrected chi connectivity index (χ2v) is 4.30. The lowest BCUT2D eigenvalue weighted by molar-refractivity contribution is 0.422. The highest BCUT2D eigenvalue weighted by molar-refractivity contribution is 5.80. The number of halogens is 1. The number of hydrogen-bond acceptors (Lipinski definition) is 3. The Morgan fingerprint density at radius 1 is 1.05 bits per heavy atom. The molecule has 0 radical (unpaired) electrons. The number of rotatable bonds is 2. The third-order valence-corrected chi connectivity index (χ3v) is 2.94. The standard InChI is InChI=1S/C15H11FN2O/c1-10-2-3-14(16)12(8-10)15-13(9-19-18-15)11-4-6-17-7-5-11/h2-9H,1H3. The van der Waals surface area contributed by atoms with Crippen molar-refractivity contribution in [3.8, 4) is 22.4 Å². The third-order valence-electron chi connectivity index (χ3n) is 2.94. The number of hydrogen-bond donors (Lipinski definition) is 0. The van der Waals surface area contributed by atoms with E-state index in [1.54, 1.807) is 24.5 Å². The molecule has 0 amide bonds. The zero-order valence-corrected chi connectivity index (χ0v) is 10.3. The summed E-state index contributed by atoms with van der Waals surface area (Å²) >= 11 is 0. The molecule has 0 unspecified atom stereocenters. The Hall–Kier alpha value is -2.49. The maximum Gasteiger partial charge on any atom is 0.132 e. The van der Waals surface area contributed by atoms with Crippen LogP contribution in [-0.2, 0) is 0 Å². The van der Waals surface area contributed by atoms with Crippen LogP contribution in [0.3, 0.4) is 0 Å². The van der Waals surface area contributed by atoms with Gasteiger partial charge in [-0.05, 0) is 36.8 Å². The van der Waals surface area contributed by atoms with Crippen molar-refractivity contribution in [1.82, 2.24) is 10.1 Å². The van der Waals surface area contributed by atoms with E-state index in [0.717, 1.165) is 16.7 Å². The van der Waals surface area contributed by atoms with Gasteiger partial charge in [0.2, 0.25) is 0 Å². The molecule has 19 heavy (non-hydrogen) atoms. The summed E-state index contributed by atoms with van der Waals surface area (Å²) in [6.07, 6.45) is 4.88. The van der Waals surface area contributed by atoms with Crippen LogP contribution in [0.1, 0.15) is 5.56 Å². The first kappa shape index (κ1) is 11.6. The summed E-state index contributed by atoms with van der Waals surface area (Å²) in [7, 11) is 0. The van der Waals surface area contributed by atoms with Gasteiger partial charge in [0.15, 0.2) is 0 Å². The van der Waals surface area contributed by atoms with E-state index in [-0.39, 0.29) is 5.82 Å². The van der Waals surface area contributed by atoms with Gasteiger partial charge in [0, 0.05) is 23.5 Å². The van der Waals surface area contributed by atoms with E-state index >= 15 is 0 Å².